The molecule has 2 rings (SSSR count). The van der Waals surface area contributed by atoms with E-state index < -0.39 is 10.0 Å². The van der Waals surface area contributed by atoms with Crippen molar-refractivity contribution in [2.75, 3.05) is 5.73 Å². The zero-order chi connectivity index (χ0) is 12.3. The molecule has 0 bridgehead atoms. The molecule has 8 heteroatoms. The predicted molar refractivity (Wildman–Crippen MR) is 59.2 cm³/mol. The first kappa shape index (κ1) is 11.6. The molecule has 0 unspecified atom stereocenters. The van der Waals surface area contributed by atoms with E-state index in [2.05, 4.69) is 14.9 Å². The highest BCUT2D eigenvalue weighted by atomic mass is 32.2. The van der Waals surface area contributed by atoms with Crippen molar-refractivity contribution in [1.29, 1.82) is 0 Å². The van der Waals surface area contributed by atoms with Gasteiger partial charge < -0.3 is 10.3 Å². The third-order valence-electron chi connectivity index (χ3n) is 2.02. The molecule has 2 aromatic rings. The summed E-state index contributed by atoms with van der Waals surface area (Å²) in [7, 11) is -3.69. The lowest BCUT2D eigenvalue weighted by Gasteiger charge is -2.06. The zero-order valence-corrected chi connectivity index (χ0v) is 9.52. The van der Waals surface area contributed by atoms with Crippen molar-refractivity contribution < 1.29 is 12.9 Å². The van der Waals surface area contributed by atoms with Crippen LogP contribution < -0.4 is 10.5 Å². The van der Waals surface area contributed by atoms with Crippen molar-refractivity contribution >= 4 is 15.8 Å². The van der Waals surface area contributed by atoms with E-state index in [1.54, 1.807) is 6.07 Å². The average Bonchev–Trinajstić information content (AvgIpc) is 2.80. The van der Waals surface area contributed by atoms with Gasteiger partial charge in [0.05, 0.1) is 12.7 Å². The van der Waals surface area contributed by atoms with Crippen molar-refractivity contribution in [1.82, 2.24) is 14.9 Å². The quantitative estimate of drug-likeness (QED) is 0.802. The summed E-state index contributed by atoms with van der Waals surface area (Å²) < 4.78 is 30.8. The molecule has 0 amide bonds. The molecule has 0 fully saturated rings. The molecule has 0 spiro atoms. The van der Waals surface area contributed by atoms with Crippen LogP contribution in [0.3, 0.4) is 0 Å². The van der Waals surface area contributed by atoms with Gasteiger partial charge in [0.2, 0.25) is 10.0 Å². The summed E-state index contributed by atoms with van der Waals surface area (Å²) in [5, 5.41) is 3.47. The lowest BCUT2D eigenvalue weighted by Crippen LogP contribution is -2.24. The van der Waals surface area contributed by atoms with Crippen LogP contribution in [0.4, 0.5) is 5.82 Å². The van der Waals surface area contributed by atoms with Crippen LogP contribution in [0.25, 0.3) is 0 Å². The van der Waals surface area contributed by atoms with Gasteiger partial charge in [0.15, 0.2) is 5.76 Å². The van der Waals surface area contributed by atoms with E-state index in [9.17, 15) is 8.42 Å². The first-order chi connectivity index (χ1) is 8.09. The highest BCUT2D eigenvalue weighted by Crippen LogP contribution is 2.14. The fourth-order valence-electron chi connectivity index (χ4n) is 1.21. The summed E-state index contributed by atoms with van der Waals surface area (Å²) in [6, 6.07) is 4.44. The molecule has 0 saturated carbocycles. The Morgan fingerprint density at radius 2 is 2.18 bits per heavy atom. The number of anilines is 1. The van der Waals surface area contributed by atoms with Crippen molar-refractivity contribution in [3.63, 3.8) is 0 Å². The molecule has 0 aliphatic rings. The van der Waals surface area contributed by atoms with Crippen LogP contribution in [-0.4, -0.2) is 18.6 Å². The van der Waals surface area contributed by atoms with Crippen molar-refractivity contribution in [3.05, 3.63) is 36.4 Å². The maximum absolute atomic E-state index is 11.9. The molecule has 0 radical (unpaired) electrons. The smallest absolute Gasteiger partial charge is 0.244 e. The Balaban J connectivity index is 2.17. The van der Waals surface area contributed by atoms with Crippen LogP contribution in [0.1, 0.15) is 5.76 Å². The third-order valence-corrected chi connectivity index (χ3v) is 3.47. The van der Waals surface area contributed by atoms with Crippen molar-refractivity contribution in [2.24, 2.45) is 0 Å². The molecule has 0 aromatic carbocycles. The highest BCUT2D eigenvalue weighted by molar-refractivity contribution is 7.89. The largest absolute Gasteiger partial charge is 0.383 e. The maximum Gasteiger partial charge on any atom is 0.244 e. The highest BCUT2D eigenvalue weighted by Gasteiger charge is 2.17. The molecule has 90 valence electrons. The van der Waals surface area contributed by atoms with E-state index in [0.29, 0.717) is 5.76 Å². The molecule has 2 aromatic heterocycles. The minimum Gasteiger partial charge on any atom is -0.383 e. The predicted octanol–water partition coefficient (Wildman–Crippen LogP) is 0.130. The second kappa shape index (κ2) is 4.52. The number of sulfonamides is 1. The van der Waals surface area contributed by atoms with Gasteiger partial charge in [0, 0.05) is 12.3 Å². The fraction of sp³-hybridized carbons (Fsp3) is 0.111. The van der Waals surface area contributed by atoms with Crippen molar-refractivity contribution in [3.8, 4) is 0 Å². The van der Waals surface area contributed by atoms with E-state index in [1.807, 2.05) is 0 Å². The Morgan fingerprint density at radius 1 is 1.35 bits per heavy atom. The molecule has 0 saturated heterocycles. The van der Waals surface area contributed by atoms with Gasteiger partial charge in [-0.25, -0.2) is 18.1 Å². The lowest BCUT2D eigenvalue weighted by molar-refractivity contribution is 0.380. The molecule has 2 heterocycles. The van der Waals surface area contributed by atoms with E-state index in [1.165, 1.54) is 24.5 Å². The van der Waals surface area contributed by atoms with Gasteiger partial charge in [-0.2, -0.15) is 0 Å². The minimum atomic E-state index is -3.69. The van der Waals surface area contributed by atoms with E-state index >= 15 is 0 Å². The SMILES string of the molecule is Nc1ncccc1S(=O)(=O)NCc1ccno1. The Kier molecular flexibility index (Phi) is 3.07. The summed E-state index contributed by atoms with van der Waals surface area (Å²) in [6.07, 6.45) is 2.85. The van der Waals surface area contributed by atoms with Gasteiger partial charge in [-0.1, -0.05) is 5.16 Å². The number of nitrogen functional groups attached to an aromatic ring is 1. The number of pyridine rings is 1. The van der Waals surface area contributed by atoms with Gasteiger partial charge in [-0.15, -0.1) is 0 Å². The Labute approximate surface area is 97.7 Å². The van der Waals surface area contributed by atoms with Crippen molar-refractivity contribution in [2.45, 2.75) is 11.4 Å². The summed E-state index contributed by atoms with van der Waals surface area (Å²) in [5.74, 6) is 0.369. The second-order valence-corrected chi connectivity index (χ2v) is 4.93. The van der Waals surface area contributed by atoms with Crippen LogP contribution in [-0.2, 0) is 16.6 Å². The minimum absolute atomic E-state index is 0.0106. The summed E-state index contributed by atoms with van der Waals surface area (Å²) >= 11 is 0. The Bertz CT molecular complexity index is 594. The fourth-order valence-corrected chi connectivity index (χ4v) is 2.28. The number of nitrogens with zero attached hydrogens (tertiary/aromatic N) is 2. The van der Waals surface area contributed by atoms with Crippen LogP contribution in [0.2, 0.25) is 0 Å². The van der Waals surface area contributed by atoms with Gasteiger partial charge in [0.25, 0.3) is 0 Å². The first-order valence-corrected chi connectivity index (χ1v) is 6.17. The molecule has 0 aliphatic heterocycles. The summed E-state index contributed by atoms with van der Waals surface area (Å²) in [4.78, 5) is 3.66. The third kappa shape index (κ3) is 2.60. The molecule has 0 aliphatic carbocycles. The van der Waals surface area contributed by atoms with Crippen LogP contribution in [0.5, 0.6) is 0 Å². The summed E-state index contributed by atoms with van der Waals surface area (Å²) in [5.41, 5.74) is 5.49. The number of hydrogen-bond donors (Lipinski definition) is 2. The molecular weight excluding hydrogens is 244 g/mol. The van der Waals surface area contributed by atoms with Gasteiger partial charge >= 0.3 is 0 Å². The number of rotatable bonds is 4. The summed E-state index contributed by atoms with van der Waals surface area (Å²) in [6.45, 7) is 0.0106. The number of aromatic nitrogens is 2. The van der Waals surface area contributed by atoms with Gasteiger partial charge in [-0.3, -0.25) is 0 Å². The standard InChI is InChI=1S/C9H10N4O3S/c10-9-8(2-1-4-11-9)17(14,15)13-6-7-3-5-12-16-7/h1-5,13H,6H2,(H2,10,11). The topological polar surface area (TPSA) is 111 Å². The van der Waals surface area contributed by atoms with Crippen LogP contribution >= 0.6 is 0 Å². The molecule has 3 N–H and O–H groups in total. The maximum atomic E-state index is 11.9. The monoisotopic (exact) mass is 254 g/mol. The first-order valence-electron chi connectivity index (χ1n) is 4.69. The van der Waals surface area contributed by atoms with E-state index in [0.717, 1.165) is 0 Å². The molecule has 17 heavy (non-hydrogen) atoms. The number of nitrogens with one attached hydrogen (secondary N) is 1. The van der Waals surface area contributed by atoms with Crippen LogP contribution in [0.15, 0.2) is 40.0 Å². The average molecular weight is 254 g/mol. The second-order valence-electron chi connectivity index (χ2n) is 3.19. The normalized spacial score (nSPS) is 11.5. The van der Waals surface area contributed by atoms with Gasteiger partial charge in [0.1, 0.15) is 10.7 Å². The number of nitrogens with two attached hydrogens (primary N) is 1. The van der Waals surface area contributed by atoms with E-state index in [-0.39, 0.29) is 17.3 Å². The molecule has 0 atom stereocenters. The number of hydrogen-bond acceptors (Lipinski definition) is 6. The van der Waals surface area contributed by atoms with Crippen LogP contribution in [0, 0.1) is 0 Å². The van der Waals surface area contributed by atoms with Gasteiger partial charge in [-0.05, 0) is 12.1 Å². The zero-order valence-electron chi connectivity index (χ0n) is 8.70. The molecular formula is C9H10N4O3S. The lowest BCUT2D eigenvalue weighted by atomic mass is 10.5. The van der Waals surface area contributed by atoms with E-state index in [4.69, 9.17) is 10.3 Å². The Morgan fingerprint density at radius 3 is 2.82 bits per heavy atom. The molecule has 7 nitrogen and oxygen atoms in total. The Hall–Kier alpha value is -1.93.